The van der Waals surface area contributed by atoms with Crippen LogP contribution in [-0.4, -0.2) is 36.6 Å². The highest BCUT2D eigenvalue weighted by molar-refractivity contribution is 5.48. The van der Waals surface area contributed by atoms with E-state index in [-0.39, 0.29) is 18.6 Å². The summed E-state index contributed by atoms with van der Waals surface area (Å²) in [7, 11) is 0. The molecule has 0 heterocycles. The van der Waals surface area contributed by atoms with Gasteiger partial charge in [-0.15, -0.1) is 0 Å². The molecule has 1 aliphatic rings. The summed E-state index contributed by atoms with van der Waals surface area (Å²) in [6.45, 7) is 0.637. The fourth-order valence-corrected chi connectivity index (χ4v) is 3.35. The van der Waals surface area contributed by atoms with E-state index in [1.807, 2.05) is 24.3 Å². The zero-order valence-electron chi connectivity index (χ0n) is 14.2. The van der Waals surface area contributed by atoms with Gasteiger partial charge in [0.2, 0.25) is 0 Å². The van der Waals surface area contributed by atoms with Crippen LogP contribution < -0.4 is 9.47 Å². The monoisotopic (exact) mass is 340 g/mol. The Labute approximate surface area is 148 Å². The number of hydrogen-bond acceptors (Lipinski definition) is 4. The second-order valence-corrected chi connectivity index (χ2v) is 6.11. The molecule has 0 saturated carbocycles. The standard InChI is InChI=1S/C21H24O4/c22-13-15-24-19-7-3-17(4-8-19)21(11-1-2-12-21)18-5-9-20(10-6-18)25-16-14-23/h1,3-11,22-23H,2,12-16H2. The molecular formula is C21H24O4. The van der Waals surface area contributed by atoms with Crippen molar-refractivity contribution in [2.75, 3.05) is 26.4 Å². The lowest BCUT2D eigenvalue weighted by molar-refractivity contribution is 0.201. The third-order valence-corrected chi connectivity index (χ3v) is 4.57. The maximum absolute atomic E-state index is 8.86. The molecule has 0 atom stereocenters. The molecule has 0 saturated heterocycles. The molecule has 4 nitrogen and oxygen atoms in total. The van der Waals surface area contributed by atoms with Crippen molar-refractivity contribution in [1.29, 1.82) is 0 Å². The summed E-state index contributed by atoms with van der Waals surface area (Å²) in [6, 6.07) is 16.2. The lowest BCUT2D eigenvalue weighted by Gasteiger charge is -2.29. The Kier molecular flexibility index (Phi) is 5.74. The van der Waals surface area contributed by atoms with Crippen LogP contribution in [0.1, 0.15) is 24.0 Å². The van der Waals surface area contributed by atoms with Crippen molar-refractivity contribution in [3.63, 3.8) is 0 Å². The Morgan fingerprint density at radius 3 is 1.60 bits per heavy atom. The molecule has 0 spiro atoms. The van der Waals surface area contributed by atoms with Crippen LogP contribution in [-0.2, 0) is 5.41 Å². The lowest BCUT2D eigenvalue weighted by Crippen LogP contribution is -2.22. The first-order valence-corrected chi connectivity index (χ1v) is 8.64. The SMILES string of the molecule is OCCOc1ccc(C2(c3ccc(OCCO)cc3)C=CCC2)cc1. The minimum absolute atomic E-state index is 0.0130. The molecule has 4 heteroatoms. The van der Waals surface area contributed by atoms with Crippen molar-refractivity contribution >= 4 is 0 Å². The quantitative estimate of drug-likeness (QED) is 0.725. The van der Waals surface area contributed by atoms with Crippen molar-refractivity contribution in [2.45, 2.75) is 18.3 Å². The Bertz CT molecular complexity index is 637. The van der Waals surface area contributed by atoms with E-state index in [1.165, 1.54) is 11.1 Å². The van der Waals surface area contributed by atoms with Gasteiger partial charge >= 0.3 is 0 Å². The third-order valence-electron chi connectivity index (χ3n) is 4.57. The number of hydrogen-bond donors (Lipinski definition) is 2. The van der Waals surface area contributed by atoms with Gasteiger partial charge in [0.05, 0.1) is 13.2 Å². The predicted octanol–water partition coefficient (Wildman–Crippen LogP) is 3.06. The molecule has 132 valence electrons. The number of ether oxygens (including phenoxy) is 2. The molecule has 0 fully saturated rings. The topological polar surface area (TPSA) is 58.9 Å². The van der Waals surface area contributed by atoms with Crippen LogP contribution in [0.4, 0.5) is 0 Å². The average molecular weight is 340 g/mol. The zero-order chi connectivity index (χ0) is 17.5. The maximum atomic E-state index is 8.86. The van der Waals surface area contributed by atoms with Gasteiger partial charge in [-0.05, 0) is 48.2 Å². The minimum atomic E-state index is -0.134. The van der Waals surface area contributed by atoms with Crippen LogP contribution in [0.3, 0.4) is 0 Å². The Morgan fingerprint density at radius 1 is 0.760 bits per heavy atom. The van der Waals surface area contributed by atoms with Crippen molar-refractivity contribution in [1.82, 2.24) is 0 Å². The second kappa shape index (κ2) is 8.19. The Balaban J connectivity index is 1.85. The van der Waals surface area contributed by atoms with Crippen LogP contribution in [0.25, 0.3) is 0 Å². The third kappa shape index (κ3) is 3.86. The molecule has 0 radical (unpaired) electrons. The van der Waals surface area contributed by atoms with Crippen LogP contribution in [0.15, 0.2) is 60.7 Å². The largest absolute Gasteiger partial charge is 0.491 e. The molecule has 25 heavy (non-hydrogen) atoms. The normalized spacial score (nSPS) is 15.3. The first kappa shape index (κ1) is 17.5. The molecule has 2 aromatic carbocycles. The van der Waals surface area contributed by atoms with Crippen LogP contribution >= 0.6 is 0 Å². The Morgan fingerprint density at radius 2 is 1.24 bits per heavy atom. The molecule has 0 aromatic heterocycles. The highest BCUT2D eigenvalue weighted by Crippen LogP contribution is 2.42. The molecule has 3 rings (SSSR count). The van der Waals surface area contributed by atoms with Gasteiger partial charge in [0.25, 0.3) is 0 Å². The molecule has 0 unspecified atom stereocenters. The first-order chi connectivity index (χ1) is 12.3. The van der Waals surface area contributed by atoms with E-state index in [2.05, 4.69) is 36.4 Å². The average Bonchev–Trinajstić information content (AvgIpc) is 3.16. The molecule has 2 N–H and O–H groups in total. The summed E-state index contributed by atoms with van der Waals surface area (Å²) in [5, 5.41) is 17.7. The summed E-state index contributed by atoms with van der Waals surface area (Å²) < 4.78 is 10.9. The summed E-state index contributed by atoms with van der Waals surface area (Å²) >= 11 is 0. The highest BCUT2D eigenvalue weighted by atomic mass is 16.5. The molecule has 0 bridgehead atoms. The van der Waals surface area contributed by atoms with E-state index in [0.717, 1.165) is 24.3 Å². The highest BCUT2D eigenvalue weighted by Gasteiger charge is 2.33. The maximum Gasteiger partial charge on any atom is 0.119 e. The van der Waals surface area contributed by atoms with E-state index >= 15 is 0 Å². The summed E-state index contributed by atoms with van der Waals surface area (Å²) in [4.78, 5) is 0. The van der Waals surface area contributed by atoms with E-state index in [0.29, 0.717) is 13.2 Å². The number of aliphatic hydroxyl groups excluding tert-OH is 2. The summed E-state index contributed by atoms with van der Waals surface area (Å²) in [5.41, 5.74) is 2.31. The number of allylic oxidation sites excluding steroid dienone is 2. The van der Waals surface area contributed by atoms with E-state index in [4.69, 9.17) is 19.7 Å². The van der Waals surface area contributed by atoms with Gasteiger partial charge in [-0.1, -0.05) is 36.4 Å². The molecule has 2 aromatic rings. The van der Waals surface area contributed by atoms with Crippen molar-refractivity contribution in [3.8, 4) is 11.5 Å². The number of rotatable bonds is 8. The number of benzene rings is 2. The lowest BCUT2D eigenvalue weighted by atomic mass is 9.74. The smallest absolute Gasteiger partial charge is 0.119 e. The minimum Gasteiger partial charge on any atom is -0.491 e. The van der Waals surface area contributed by atoms with E-state index < -0.39 is 0 Å². The first-order valence-electron chi connectivity index (χ1n) is 8.64. The van der Waals surface area contributed by atoms with Gasteiger partial charge in [0.15, 0.2) is 0 Å². The zero-order valence-corrected chi connectivity index (χ0v) is 14.2. The van der Waals surface area contributed by atoms with Gasteiger partial charge in [0.1, 0.15) is 24.7 Å². The van der Waals surface area contributed by atoms with Gasteiger partial charge < -0.3 is 19.7 Å². The van der Waals surface area contributed by atoms with E-state index in [1.54, 1.807) is 0 Å². The van der Waals surface area contributed by atoms with Crippen LogP contribution in [0.5, 0.6) is 11.5 Å². The van der Waals surface area contributed by atoms with Crippen LogP contribution in [0, 0.1) is 0 Å². The fourth-order valence-electron chi connectivity index (χ4n) is 3.35. The second-order valence-electron chi connectivity index (χ2n) is 6.11. The van der Waals surface area contributed by atoms with Crippen molar-refractivity contribution in [3.05, 3.63) is 71.8 Å². The van der Waals surface area contributed by atoms with Gasteiger partial charge in [-0.2, -0.15) is 0 Å². The van der Waals surface area contributed by atoms with E-state index in [9.17, 15) is 0 Å². The predicted molar refractivity (Wildman–Crippen MR) is 97.2 cm³/mol. The van der Waals surface area contributed by atoms with Gasteiger partial charge in [0, 0.05) is 5.41 Å². The molecule has 0 amide bonds. The van der Waals surface area contributed by atoms with Gasteiger partial charge in [-0.3, -0.25) is 0 Å². The molecule has 1 aliphatic carbocycles. The number of aliphatic hydroxyl groups is 2. The van der Waals surface area contributed by atoms with Crippen molar-refractivity contribution < 1.29 is 19.7 Å². The van der Waals surface area contributed by atoms with Crippen LogP contribution in [0.2, 0.25) is 0 Å². The summed E-state index contributed by atoms with van der Waals surface area (Å²) in [6.07, 6.45) is 6.58. The Hall–Kier alpha value is -2.30. The summed E-state index contributed by atoms with van der Waals surface area (Å²) in [5.74, 6) is 1.53. The molecule has 0 aliphatic heterocycles. The molecular weight excluding hydrogens is 316 g/mol. The fraction of sp³-hybridized carbons (Fsp3) is 0.333. The van der Waals surface area contributed by atoms with Gasteiger partial charge in [-0.25, -0.2) is 0 Å². The van der Waals surface area contributed by atoms with Crippen molar-refractivity contribution in [2.24, 2.45) is 0 Å².